The predicted molar refractivity (Wildman–Crippen MR) is 115 cm³/mol. The minimum atomic E-state index is -5.00. The van der Waals surface area contributed by atoms with Gasteiger partial charge in [-0.15, -0.1) is 13.2 Å². The third-order valence-electron chi connectivity index (χ3n) is 4.92. The molecule has 8 nitrogen and oxygen atoms in total. The third kappa shape index (κ3) is 6.48. The molecule has 0 saturated carbocycles. The molecule has 1 saturated heterocycles. The van der Waals surface area contributed by atoms with Crippen molar-refractivity contribution in [2.75, 3.05) is 30.8 Å². The second-order valence-corrected chi connectivity index (χ2v) is 7.32. The molecule has 12 heteroatoms. The van der Waals surface area contributed by atoms with E-state index in [4.69, 9.17) is 5.11 Å². The molecule has 1 aromatic carbocycles. The lowest BCUT2D eigenvalue weighted by Gasteiger charge is -2.18. The first-order valence-electron chi connectivity index (χ1n) is 10.0. The van der Waals surface area contributed by atoms with Crippen molar-refractivity contribution in [2.45, 2.75) is 26.1 Å². The van der Waals surface area contributed by atoms with Gasteiger partial charge in [0.25, 0.3) is 0 Å². The van der Waals surface area contributed by atoms with E-state index in [9.17, 15) is 22.4 Å². The van der Waals surface area contributed by atoms with Crippen LogP contribution in [0.5, 0.6) is 0 Å². The van der Waals surface area contributed by atoms with E-state index < -0.39 is 12.2 Å². The summed E-state index contributed by atoms with van der Waals surface area (Å²) < 4.78 is 44.2. The number of nitrogens with one attached hydrogen (secondary N) is 2. The summed E-state index contributed by atoms with van der Waals surface area (Å²) in [4.78, 5) is 27.0. The Morgan fingerprint density at radius 2 is 1.79 bits per heavy atom. The molecule has 0 spiro atoms. The summed E-state index contributed by atoms with van der Waals surface area (Å²) in [7, 11) is 1.75. The summed E-state index contributed by atoms with van der Waals surface area (Å²) in [6, 6.07) is 4.73. The Kier molecular flexibility index (Phi) is 7.26. The number of likely N-dealkylation sites (tertiary alicyclic amines) is 1. The third-order valence-corrected chi connectivity index (χ3v) is 4.92. The van der Waals surface area contributed by atoms with Gasteiger partial charge in [0, 0.05) is 43.5 Å². The van der Waals surface area contributed by atoms with Crippen LogP contribution in [0.1, 0.15) is 18.4 Å². The van der Waals surface area contributed by atoms with E-state index in [0.717, 1.165) is 34.9 Å². The number of pyridine rings is 1. The van der Waals surface area contributed by atoms with Gasteiger partial charge < -0.3 is 20.6 Å². The SMILES string of the molecule is CNc1ncc2cc(-c3cc(NC(=O)N4CCCC4)c(F)cc3C)cnc2n1.OC(F)(F)F. The summed E-state index contributed by atoms with van der Waals surface area (Å²) in [5, 5.41) is 12.9. The van der Waals surface area contributed by atoms with Crippen molar-refractivity contribution in [3.05, 3.63) is 42.0 Å². The van der Waals surface area contributed by atoms with Crippen LogP contribution in [-0.2, 0) is 0 Å². The molecule has 3 N–H and O–H groups in total. The number of fused-ring (bicyclic) bond motifs is 1. The number of hydrogen-bond donors (Lipinski definition) is 3. The Morgan fingerprint density at radius 1 is 1.12 bits per heavy atom. The minimum absolute atomic E-state index is 0.166. The number of carbonyl (C=O) groups excluding carboxylic acids is 1. The lowest BCUT2D eigenvalue weighted by atomic mass is 10.0. The molecule has 0 atom stereocenters. The smallest absolute Gasteiger partial charge is 0.357 e. The summed E-state index contributed by atoms with van der Waals surface area (Å²) in [5.41, 5.74) is 3.10. The largest absolute Gasteiger partial charge is 0.519 e. The van der Waals surface area contributed by atoms with Crippen LogP contribution in [0, 0.1) is 12.7 Å². The molecule has 0 radical (unpaired) electrons. The highest BCUT2D eigenvalue weighted by atomic mass is 19.4. The first-order chi connectivity index (χ1) is 15.5. The molecular formula is C21H22F4N6O2. The Balaban J connectivity index is 0.000000555. The summed E-state index contributed by atoms with van der Waals surface area (Å²) >= 11 is 0. The zero-order chi connectivity index (χ0) is 24.2. The van der Waals surface area contributed by atoms with Gasteiger partial charge in [-0.3, -0.25) is 0 Å². The van der Waals surface area contributed by atoms with E-state index in [1.165, 1.54) is 6.07 Å². The minimum Gasteiger partial charge on any atom is -0.357 e. The molecule has 3 heterocycles. The van der Waals surface area contributed by atoms with Gasteiger partial charge in [-0.25, -0.2) is 19.2 Å². The van der Waals surface area contributed by atoms with Gasteiger partial charge in [-0.2, -0.15) is 4.98 Å². The first kappa shape index (κ1) is 24.1. The molecule has 1 aliphatic rings. The highest BCUT2D eigenvalue weighted by Crippen LogP contribution is 2.30. The zero-order valence-electron chi connectivity index (χ0n) is 17.9. The van der Waals surface area contributed by atoms with E-state index in [1.54, 1.807) is 30.4 Å². The predicted octanol–water partition coefficient (Wildman–Crippen LogP) is 4.31. The summed E-state index contributed by atoms with van der Waals surface area (Å²) in [6.45, 7) is 3.24. The number of alkyl halides is 3. The lowest BCUT2D eigenvalue weighted by molar-refractivity contribution is -0.295. The van der Waals surface area contributed by atoms with Gasteiger partial charge in [0.15, 0.2) is 5.65 Å². The first-order valence-corrected chi connectivity index (χ1v) is 10.0. The maximum absolute atomic E-state index is 14.5. The van der Waals surface area contributed by atoms with Gasteiger partial charge in [-0.1, -0.05) is 0 Å². The fourth-order valence-electron chi connectivity index (χ4n) is 3.38. The standard InChI is InChI=1S/C20H21FN6O.CHF3O/c1-12-7-16(21)17(25-20(28)27-5-3-4-6-27)9-15(12)13-8-14-11-24-19(22-2)26-18(14)23-10-13;2-1(3,4)5/h7-11H,3-6H2,1-2H3,(H,25,28)(H,22,23,24,26);5H. The fourth-order valence-corrected chi connectivity index (χ4v) is 3.38. The molecule has 2 amide bonds. The van der Waals surface area contributed by atoms with Crippen LogP contribution in [0.15, 0.2) is 30.6 Å². The van der Waals surface area contributed by atoms with Gasteiger partial charge in [0.1, 0.15) is 5.82 Å². The molecule has 1 aliphatic heterocycles. The molecule has 176 valence electrons. The van der Waals surface area contributed by atoms with Crippen molar-refractivity contribution in [3.8, 4) is 11.1 Å². The van der Waals surface area contributed by atoms with Gasteiger partial charge in [0.05, 0.1) is 5.69 Å². The van der Waals surface area contributed by atoms with Crippen LogP contribution in [0.4, 0.5) is 34.0 Å². The van der Waals surface area contributed by atoms with Crippen LogP contribution in [0.2, 0.25) is 0 Å². The van der Waals surface area contributed by atoms with Crippen molar-refractivity contribution >= 4 is 28.7 Å². The number of urea groups is 1. The lowest BCUT2D eigenvalue weighted by Crippen LogP contribution is -2.32. The van der Waals surface area contributed by atoms with E-state index in [1.807, 2.05) is 13.0 Å². The van der Waals surface area contributed by atoms with E-state index in [-0.39, 0.29) is 11.7 Å². The number of aliphatic hydroxyl groups is 1. The second kappa shape index (κ2) is 9.94. The zero-order valence-corrected chi connectivity index (χ0v) is 17.9. The second-order valence-electron chi connectivity index (χ2n) is 7.32. The number of aromatic nitrogens is 3. The molecule has 0 aliphatic carbocycles. The van der Waals surface area contributed by atoms with E-state index in [0.29, 0.717) is 24.7 Å². The van der Waals surface area contributed by atoms with Crippen molar-refractivity contribution in [1.29, 1.82) is 0 Å². The number of nitrogens with zero attached hydrogens (tertiary/aromatic N) is 4. The number of anilines is 2. The molecule has 33 heavy (non-hydrogen) atoms. The monoisotopic (exact) mass is 466 g/mol. The van der Waals surface area contributed by atoms with Gasteiger partial charge in [-0.05, 0) is 49.1 Å². The molecule has 1 fully saturated rings. The number of halogens is 4. The van der Waals surface area contributed by atoms with Crippen molar-refractivity contribution in [2.24, 2.45) is 0 Å². The molecular weight excluding hydrogens is 444 g/mol. The van der Waals surface area contributed by atoms with Crippen LogP contribution in [-0.4, -0.2) is 57.5 Å². The quantitative estimate of drug-likeness (QED) is 0.497. The Bertz CT molecular complexity index is 1140. The maximum Gasteiger partial charge on any atom is 0.519 e. The molecule has 3 aromatic rings. The topological polar surface area (TPSA) is 103 Å². The van der Waals surface area contributed by atoms with Crippen LogP contribution < -0.4 is 10.6 Å². The normalized spacial score (nSPS) is 13.5. The number of carbonyl (C=O) groups is 1. The van der Waals surface area contributed by atoms with Crippen LogP contribution in [0.3, 0.4) is 0 Å². The Morgan fingerprint density at radius 3 is 2.42 bits per heavy atom. The van der Waals surface area contributed by atoms with Crippen molar-refractivity contribution < 1.29 is 27.5 Å². The Labute approximate surface area is 186 Å². The molecule has 4 rings (SSSR count). The molecule has 2 aromatic heterocycles. The number of benzene rings is 1. The molecule has 0 bridgehead atoms. The highest BCUT2D eigenvalue weighted by Gasteiger charge is 2.21. The number of rotatable bonds is 3. The van der Waals surface area contributed by atoms with Gasteiger partial charge >= 0.3 is 12.4 Å². The average Bonchev–Trinajstić information content (AvgIpc) is 3.29. The van der Waals surface area contributed by atoms with Crippen molar-refractivity contribution in [3.63, 3.8) is 0 Å². The number of aryl methyl sites for hydroxylation is 1. The van der Waals surface area contributed by atoms with Crippen LogP contribution in [0.25, 0.3) is 22.2 Å². The van der Waals surface area contributed by atoms with Crippen molar-refractivity contribution in [1.82, 2.24) is 19.9 Å². The average molecular weight is 466 g/mol. The summed E-state index contributed by atoms with van der Waals surface area (Å²) in [6.07, 6.45) is 0.352. The van der Waals surface area contributed by atoms with Crippen LogP contribution >= 0.6 is 0 Å². The van der Waals surface area contributed by atoms with Gasteiger partial charge in [0.2, 0.25) is 5.95 Å². The van der Waals surface area contributed by atoms with E-state index >= 15 is 0 Å². The highest BCUT2D eigenvalue weighted by molar-refractivity contribution is 5.91. The maximum atomic E-state index is 14.5. The number of amides is 2. The summed E-state index contributed by atoms with van der Waals surface area (Å²) in [5.74, 6) is 0.0437. The fraction of sp³-hybridized carbons (Fsp3) is 0.333. The van der Waals surface area contributed by atoms with E-state index in [2.05, 4.69) is 25.6 Å². The Hall–Kier alpha value is -3.54. The molecule has 0 unspecified atom stereocenters. The number of hydrogen-bond acceptors (Lipinski definition) is 6.